The fourth-order valence-corrected chi connectivity index (χ4v) is 5.29. The molecule has 7 heteroatoms. The summed E-state index contributed by atoms with van der Waals surface area (Å²) in [5.41, 5.74) is 6.17. The number of aryl methyl sites for hydroxylation is 2. The molecule has 0 radical (unpaired) electrons. The number of nitrogens with zero attached hydrogens (tertiary/aromatic N) is 3. The Kier molecular flexibility index (Phi) is 8.88. The summed E-state index contributed by atoms with van der Waals surface area (Å²) in [7, 11) is 0. The van der Waals surface area contributed by atoms with Gasteiger partial charge in [-0.3, -0.25) is 4.79 Å². The van der Waals surface area contributed by atoms with E-state index in [1.54, 1.807) is 12.3 Å². The van der Waals surface area contributed by atoms with Gasteiger partial charge in [-0.05, 0) is 85.8 Å². The largest absolute Gasteiger partial charge is 0.494 e. The summed E-state index contributed by atoms with van der Waals surface area (Å²) < 4.78 is 14.4. The van der Waals surface area contributed by atoms with Gasteiger partial charge in [-0.15, -0.1) is 0 Å². The lowest BCUT2D eigenvalue weighted by Gasteiger charge is -2.18. The standard InChI is InChI=1S/C35H34BrN3O3/c1-6-41-33-17-24(5)30(19-29(33)22(2)3)34-38-31-13-8-7-12-28(31)35(40)39(34)37-20-26-18-27(36)14-15-32(26)42-21-25-11-9-10-23(4)16-25/h7-20,22H,6,21H2,1-5H3. The van der Waals surface area contributed by atoms with E-state index < -0.39 is 0 Å². The molecule has 0 unspecified atom stereocenters. The predicted molar refractivity (Wildman–Crippen MR) is 174 cm³/mol. The summed E-state index contributed by atoms with van der Waals surface area (Å²) in [5, 5.41) is 5.23. The highest BCUT2D eigenvalue weighted by molar-refractivity contribution is 9.10. The average Bonchev–Trinajstić information content (AvgIpc) is 2.96. The molecule has 0 bridgehead atoms. The number of aromatic nitrogens is 2. The van der Waals surface area contributed by atoms with Gasteiger partial charge in [-0.2, -0.15) is 9.78 Å². The fourth-order valence-electron chi connectivity index (χ4n) is 4.91. The maximum Gasteiger partial charge on any atom is 0.282 e. The molecule has 4 aromatic carbocycles. The Labute approximate surface area is 254 Å². The van der Waals surface area contributed by atoms with Crippen molar-refractivity contribution < 1.29 is 9.47 Å². The van der Waals surface area contributed by atoms with Crippen LogP contribution < -0.4 is 15.0 Å². The molecule has 0 saturated carbocycles. The molecule has 0 fully saturated rings. The quantitative estimate of drug-likeness (QED) is 0.155. The zero-order chi connectivity index (χ0) is 29.8. The summed E-state index contributed by atoms with van der Waals surface area (Å²) in [6, 6.07) is 25.4. The van der Waals surface area contributed by atoms with Crippen molar-refractivity contribution in [2.75, 3.05) is 6.61 Å². The van der Waals surface area contributed by atoms with Gasteiger partial charge in [0.25, 0.3) is 5.56 Å². The number of hydrogen-bond donors (Lipinski definition) is 0. The zero-order valence-corrected chi connectivity index (χ0v) is 26.1. The minimum atomic E-state index is -0.247. The van der Waals surface area contributed by atoms with Crippen molar-refractivity contribution >= 4 is 33.0 Å². The van der Waals surface area contributed by atoms with Crippen LogP contribution in [-0.4, -0.2) is 22.5 Å². The molecular weight excluding hydrogens is 590 g/mol. The summed E-state index contributed by atoms with van der Waals surface area (Å²) >= 11 is 3.57. The molecule has 0 spiro atoms. The topological polar surface area (TPSA) is 65.7 Å². The van der Waals surface area contributed by atoms with Gasteiger partial charge in [0.2, 0.25) is 0 Å². The van der Waals surface area contributed by atoms with Crippen molar-refractivity contribution in [3.05, 3.63) is 122 Å². The van der Waals surface area contributed by atoms with Gasteiger partial charge in [-0.25, -0.2) is 4.98 Å². The number of para-hydroxylation sites is 1. The van der Waals surface area contributed by atoms with E-state index in [1.165, 1.54) is 10.2 Å². The van der Waals surface area contributed by atoms with E-state index in [-0.39, 0.29) is 11.5 Å². The third kappa shape index (κ3) is 6.31. The minimum absolute atomic E-state index is 0.213. The van der Waals surface area contributed by atoms with Gasteiger partial charge < -0.3 is 9.47 Å². The number of ether oxygens (including phenoxy) is 2. The van der Waals surface area contributed by atoms with Crippen molar-refractivity contribution in [2.45, 2.75) is 47.1 Å². The molecule has 0 saturated heterocycles. The molecule has 0 aliphatic heterocycles. The van der Waals surface area contributed by atoms with Crippen LogP contribution in [0.3, 0.4) is 0 Å². The Balaban J connectivity index is 1.63. The second kappa shape index (κ2) is 12.7. The summed E-state index contributed by atoms with van der Waals surface area (Å²) in [6.07, 6.45) is 1.66. The first-order valence-corrected chi connectivity index (χ1v) is 14.9. The first-order chi connectivity index (χ1) is 20.2. The number of benzene rings is 4. The minimum Gasteiger partial charge on any atom is -0.494 e. The third-order valence-corrected chi connectivity index (χ3v) is 7.53. The van der Waals surface area contributed by atoms with E-state index in [0.717, 1.165) is 38.0 Å². The second-order valence-electron chi connectivity index (χ2n) is 10.6. The third-order valence-electron chi connectivity index (χ3n) is 7.03. The van der Waals surface area contributed by atoms with Crippen molar-refractivity contribution in [3.63, 3.8) is 0 Å². The molecular formula is C35H34BrN3O3. The van der Waals surface area contributed by atoms with E-state index in [2.05, 4.69) is 54.9 Å². The van der Waals surface area contributed by atoms with E-state index >= 15 is 0 Å². The summed E-state index contributed by atoms with van der Waals surface area (Å²) in [4.78, 5) is 18.8. The molecule has 0 amide bonds. The smallest absolute Gasteiger partial charge is 0.282 e. The van der Waals surface area contributed by atoms with Crippen LogP contribution in [0.2, 0.25) is 0 Å². The summed E-state index contributed by atoms with van der Waals surface area (Å²) in [6.45, 7) is 11.3. The van der Waals surface area contributed by atoms with Crippen molar-refractivity contribution in [1.29, 1.82) is 0 Å². The molecule has 5 aromatic rings. The van der Waals surface area contributed by atoms with Gasteiger partial charge in [0, 0.05) is 15.6 Å². The highest BCUT2D eigenvalue weighted by Crippen LogP contribution is 2.34. The van der Waals surface area contributed by atoms with Crippen LogP contribution in [0.4, 0.5) is 0 Å². The highest BCUT2D eigenvalue weighted by Gasteiger charge is 2.19. The van der Waals surface area contributed by atoms with Crippen LogP contribution in [0.5, 0.6) is 11.5 Å². The van der Waals surface area contributed by atoms with Crippen LogP contribution in [0, 0.1) is 13.8 Å². The second-order valence-corrected chi connectivity index (χ2v) is 11.5. The lowest BCUT2D eigenvalue weighted by atomic mass is 9.96. The molecule has 0 aliphatic rings. The van der Waals surface area contributed by atoms with Gasteiger partial charge in [0.1, 0.15) is 18.1 Å². The monoisotopic (exact) mass is 623 g/mol. The maximum absolute atomic E-state index is 13.9. The Bertz CT molecular complexity index is 1840. The van der Waals surface area contributed by atoms with Crippen LogP contribution >= 0.6 is 15.9 Å². The van der Waals surface area contributed by atoms with E-state index in [9.17, 15) is 4.79 Å². The van der Waals surface area contributed by atoms with Gasteiger partial charge in [0.15, 0.2) is 5.82 Å². The fraction of sp³-hybridized carbons (Fsp3) is 0.229. The lowest BCUT2D eigenvalue weighted by Crippen LogP contribution is -2.21. The summed E-state index contributed by atoms with van der Waals surface area (Å²) in [5.74, 6) is 2.18. The predicted octanol–water partition coefficient (Wildman–Crippen LogP) is 8.43. The van der Waals surface area contributed by atoms with Gasteiger partial charge >= 0.3 is 0 Å². The molecule has 5 rings (SSSR count). The number of fused-ring (bicyclic) bond motifs is 1. The average molecular weight is 625 g/mol. The van der Waals surface area contributed by atoms with Crippen molar-refractivity contribution in [2.24, 2.45) is 5.10 Å². The molecule has 6 nitrogen and oxygen atoms in total. The molecule has 42 heavy (non-hydrogen) atoms. The van der Waals surface area contributed by atoms with Crippen LogP contribution in [0.15, 0.2) is 93.2 Å². The molecule has 214 valence electrons. The van der Waals surface area contributed by atoms with Gasteiger partial charge in [-0.1, -0.05) is 71.7 Å². The SMILES string of the molecule is CCOc1cc(C)c(-c2nc3ccccc3c(=O)n2N=Cc2cc(Br)ccc2OCc2cccc(C)c2)cc1C(C)C. The van der Waals surface area contributed by atoms with E-state index in [0.29, 0.717) is 35.7 Å². The van der Waals surface area contributed by atoms with Crippen LogP contribution in [0.1, 0.15) is 54.5 Å². The lowest BCUT2D eigenvalue weighted by molar-refractivity contribution is 0.305. The Hall–Kier alpha value is -4.23. The molecule has 0 N–H and O–H groups in total. The van der Waals surface area contributed by atoms with Gasteiger partial charge in [0.05, 0.1) is 23.7 Å². The maximum atomic E-state index is 13.9. The molecule has 1 heterocycles. The zero-order valence-electron chi connectivity index (χ0n) is 24.5. The van der Waals surface area contributed by atoms with Crippen molar-refractivity contribution in [1.82, 2.24) is 9.66 Å². The van der Waals surface area contributed by atoms with E-state index in [1.807, 2.05) is 68.4 Å². The molecule has 1 aromatic heterocycles. The Morgan fingerprint density at radius 3 is 2.52 bits per heavy atom. The van der Waals surface area contributed by atoms with Crippen LogP contribution in [0.25, 0.3) is 22.3 Å². The van der Waals surface area contributed by atoms with E-state index in [4.69, 9.17) is 19.6 Å². The Morgan fingerprint density at radius 1 is 0.952 bits per heavy atom. The first-order valence-electron chi connectivity index (χ1n) is 14.1. The first kappa shape index (κ1) is 29.3. The van der Waals surface area contributed by atoms with Crippen molar-refractivity contribution in [3.8, 4) is 22.9 Å². The molecule has 0 atom stereocenters. The number of hydrogen-bond acceptors (Lipinski definition) is 5. The van der Waals surface area contributed by atoms with Crippen LogP contribution in [-0.2, 0) is 6.61 Å². The Morgan fingerprint density at radius 2 is 1.76 bits per heavy atom. The highest BCUT2D eigenvalue weighted by atomic mass is 79.9. The normalized spacial score (nSPS) is 11.5. The molecule has 0 aliphatic carbocycles. The number of halogens is 1. The number of rotatable bonds is 9.